The number of aromatic amines is 1. The third kappa shape index (κ3) is 3.00. The second-order valence-electron chi connectivity index (χ2n) is 4.00. The Balaban J connectivity index is 2.16. The number of ether oxygens (including phenoxy) is 1. The van der Waals surface area contributed by atoms with E-state index in [1.807, 2.05) is 0 Å². The summed E-state index contributed by atoms with van der Waals surface area (Å²) >= 11 is 0. The lowest BCUT2D eigenvalue weighted by atomic mass is 10.3. The van der Waals surface area contributed by atoms with E-state index < -0.39 is 11.9 Å². The molecule has 2 aromatic heterocycles. The lowest BCUT2D eigenvalue weighted by Crippen LogP contribution is -2.17. The molecule has 2 rings (SSSR count). The van der Waals surface area contributed by atoms with Gasteiger partial charge in [-0.1, -0.05) is 6.07 Å². The average molecular weight is 274 g/mol. The van der Waals surface area contributed by atoms with Crippen LogP contribution in [0.3, 0.4) is 0 Å². The molecule has 0 unspecified atom stereocenters. The van der Waals surface area contributed by atoms with E-state index in [0.717, 1.165) is 5.69 Å². The van der Waals surface area contributed by atoms with Crippen LogP contribution >= 0.6 is 0 Å². The van der Waals surface area contributed by atoms with Gasteiger partial charge in [0.15, 0.2) is 0 Å². The molecule has 0 radical (unpaired) electrons. The van der Waals surface area contributed by atoms with Crippen LogP contribution in [-0.2, 0) is 4.74 Å². The van der Waals surface area contributed by atoms with Crippen LogP contribution < -0.4 is 5.32 Å². The van der Waals surface area contributed by atoms with Gasteiger partial charge in [0.1, 0.15) is 17.1 Å². The molecule has 20 heavy (non-hydrogen) atoms. The second-order valence-corrected chi connectivity index (χ2v) is 4.00. The van der Waals surface area contributed by atoms with Crippen molar-refractivity contribution in [1.29, 1.82) is 0 Å². The average Bonchev–Trinajstić information content (AvgIpc) is 2.87. The van der Waals surface area contributed by atoms with Gasteiger partial charge in [-0.2, -0.15) is 5.10 Å². The van der Waals surface area contributed by atoms with E-state index in [1.165, 1.54) is 6.20 Å². The number of hydrogen-bond acceptors (Lipinski definition) is 5. The number of nitrogens with zero attached hydrogens (tertiary/aromatic N) is 2. The Hall–Kier alpha value is -2.70. The van der Waals surface area contributed by atoms with Crippen molar-refractivity contribution in [2.45, 2.75) is 13.8 Å². The quantitative estimate of drug-likeness (QED) is 0.824. The van der Waals surface area contributed by atoms with E-state index >= 15 is 0 Å². The molecule has 2 N–H and O–H groups in total. The van der Waals surface area contributed by atoms with Gasteiger partial charge in [-0.25, -0.2) is 9.78 Å². The Morgan fingerprint density at radius 2 is 2.20 bits per heavy atom. The Bertz CT molecular complexity index is 636. The summed E-state index contributed by atoms with van der Waals surface area (Å²) < 4.78 is 4.87. The highest BCUT2D eigenvalue weighted by atomic mass is 16.5. The maximum Gasteiger partial charge on any atom is 0.343 e. The van der Waals surface area contributed by atoms with Gasteiger partial charge >= 0.3 is 5.97 Å². The maximum atomic E-state index is 12.0. The minimum absolute atomic E-state index is 0.174. The second kappa shape index (κ2) is 5.96. The van der Waals surface area contributed by atoms with Crippen LogP contribution in [0.15, 0.2) is 24.4 Å². The van der Waals surface area contributed by atoms with Gasteiger partial charge in [0, 0.05) is 5.69 Å². The zero-order valence-corrected chi connectivity index (χ0v) is 11.1. The van der Waals surface area contributed by atoms with Crippen molar-refractivity contribution < 1.29 is 14.3 Å². The fourth-order valence-electron chi connectivity index (χ4n) is 1.59. The number of amides is 1. The predicted molar refractivity (Wildman–Crippen MR) is 71.5 cm³/mol. The van der Waals surface area contributed by atoms with Gasteiger partial charge in [0.05, 0.1) is 12.8 Å². The van der Waals surface area contributed by atoms with Gasteiger partial charge in [0.2, 0.25) is 0 Å². The molecule has 0 spiro atoms. The zero-order chi connectivity index (χ0) is 14.5. The summed E-state index contributed by atoms with van der Waals surface area (Å²) in [6.07, 6.45) is 1.30. The molecule has 7 heteroatoms. The highest BCUT2D eigenvalue weighted by Crippen LogP contribution is 2.13. The summed E-state index contributed by atoms with van der Waals surface area (Å²) in [5.74, 6) is -0.783. The van der Waals surface area contributed by atoms with Crippen molar-refractivity contribution in [2.24, 2.45) is 0 Å². The standard InChI is InChI=1S/C13H14N4O3/c1-3-20-13(19)9-7-14-17-11(9)16-12(18)10-6-4-5-8(2)15-10/h4-7H,3H2,1-2H3,(H2,14,16,17,18). The number of aryl methyl sites for hydroxylation is 1. The first-order valence-electron chi connectivity index (χ1n) is 6.07. The van der Waals surface area contributed by atoms with E-state index in [9.17, 15) is 9.59 Å². The maximum absolute atomic E-state index is 12.0. The van der Waals surface area contributed by atoms with E-state index in [2.05, 4.69) is 20.5 Å². The van der Waals surface area contributed by atoms with Gasteiger partial charge in [-0.15, -0.1) is 0 Å². The summed E-state index contributed by atoms with van der Waals surface area (Å²) in [5, 5.41) is 8.83. The third-order valence-corrected chi connectivity index (χ3v) is 2.49. The number of aromatic nitrogens is 3. The lowest BCUT2D eigenvalue weighted by molar-refractivity contribution is 0.0527. The number of anilines is 1. The molecule has 7 nitrogen and oxygen atoms in total. The van der Waals surface area contributed by atoms with E-state index in [1.54, 1.807) is 32.0 Å². The number of pyridine rings is 1. The molecule has 0 fully saturated rings. The molecule has 0 saturated heterocycles. The molecule has 0 aliphatic rings. The fourth-order valence-corrected chi connectivity index (χ4v) is 1.59. The number of carbonyl (C=O) groups is 2. The van der Waals surface area contributed by atoms with Crippen molar-refractivity contribution in [3.63, 3.8) is 0 Å². The van der Waals surface area contributed by atoms with Crippen molar-refractivity contribution >= 4 is 17.7 Å². The Morgan fingerprint density at radius 3 is 2.90 bits per heavy atom. The summed E-state index contributed by atoms with van der Waals surface area (Å²) in [6.45, 7) is 3.74. The summed E-state index contributed by atoms with van der Waals surface area (Å²) in [7, 11) is 0. The smallest absolute Gasteiger partial charge is 0.343 e. The number of nitrogens with one attached hydrogen (secondary N) is 2. The zero-order valence-electron chi connectivity index (χ0n) is 11.1. The topological polar surface area (TPSA) is 97.0 Å². The normalized spacial score (nSPS) is 10.1. The number of esters is 1. The SMILES string of the molecule is CCOC(=O)c1cn[nH]c1NC(=O)c1cccc(C)n1. The monoisotopic (exact) mass is 274 g/mol. The molecule has 0 aliphatic heterocycles. The van der Waals surface area contributed by atoms with Crippen molar-refractivity contribution in [1.82, 2.24) is 15.2 Å². The molecule has 2 aromatic rings. The molecular formula is C13H14N4O3. The Kier molecular flexibility index (Phi) is 4.09. The molecular weight excluding hydrogens is 260 g/mol. The van der Waals surface area contributed by atoms with Crippen LogP contribution in [-0.4, -0.2) is 33.7 Å². The largest absolute Gasteiger partial charge is 0.462 e. The molecule has 0 atom stereocenters. The van der Waals surface area contributed by atoms with E-state index in [-0.39, 0.29) is 23.7 Å². The molecule has 0 bridgehead atoms. The number of rotatable bonds is 4. The molecule has 1 amide bonds. The lowest BCUT2D eigenvalue weighted by Gasteiger charge is -2.05. The van der Waals surface area contributed by atoms with Crippen LogP contribution in [0.25, 0.3) is 0 Å². The Labute approximate surface area is 115 Å². The third-order valence-electron chi connectivity index (χ3n) is 2.49. The van der Waals surface area contributed by atoms with Crippen molar-refractivity contribution in [3.8, 4) is 0 Å². The van der Waals surface area contributed by atoms with Gasteiger partial charge in [0.25, 0.3) is 5.91 Å². The summed E-state index contributed by atoms with van der Waals surface area (Å²) in [5.41, 5.74) is 1.16. The molecule has 0 aliphatic carbocycles. The minimum Gasteiger partial charge on any atom is -0.462 e. The summed E-state index contributed by atoms with van der Waals surface area (Å²) in [6, 6.07) is 5.11. The Morgan fingerprint density at radius 1 is 1.40 bits per heavy atom. The molecule has 2 heterocycles. The van der Waals surface area contributed by atoms with E-state index in [4.69, 9.17) is 4.74 Å². The number of hydrogen-bond donors (Lipinski definition) is 2. The van der Waals surface area contributed by atoms with Gasteiger partial charge in [-0.3, -0.25) is 9.89 Å². The van der Waals surface area contributed by atoms with Crippen LogP contribution in [0.2, 0.25) is 0 Å². The van der Waals surface area contributed by atoms with Crippen LogP contribution in [0.5, 0.6) is 0 Å². The molecule has 0 saturated carbocycles. The fraction of sp³-hybridized carbons (Fsp3) is 0.231. The van der Waals surface area contributed by atoms with Gasteiger partial charge < -0.3 is 10.1 Å². The van der Waals surface area contributed by atoms with Gasteiger partial charge in [-0.05, 0) is 26.0 Å². The van der Waals surface area contributed by atoms with Crippen LogP contribution in [0, 0.1) is 6.92 Å². The summed E-state index contributed by atoms with van der Waals surface area (Å²) in [4.78, 5) is 27.8. The number of carbonyl (C=O) groups excluding carboxylic acids is 2. The molecule has 104 valence electrons. The van der Waals surface area contributed by atoms with Crippen molar-refractivity contribution in [2.75, 3.05) is 11.9 Å². The van der Waals surface area contributed by atoms with E-state index in [0.29, 0.717) is 0 Å². The minimum atomic E-state index is -0.547. The van der Waals surface area contributed by atoms with Crippen LogP contribution in [0.4, 0.5) is 5.82 Å². The van der Waals surface area contributed by atoms with Crippen LogP contribution in [0.1, 0.15) is 33.5 Å². The first-order valence-corrected chi connectivity index (χ1v) is 6.07. The first kappa shape index (κ1) is 13.7. The highest BCUT2D eigenvalue weighted by Gasteiger charge is 2.17. The first-order chi connectivity index (χ1) is 9.61. The van der Waals surface area contributed by atoms with Crippen molar-refractivity contribution in [3.05, 3.63) is 41.3 Å². The molecule has 0 aromatic carbocycles. The predicted octanol–water partition coefficient (Wildman–Crippen LogP) is 1.54. The number of H-pyrrole nitrogens is 1. The highest BCUT2D eigenvalue weighted by molar-refractivity contribution is 6.06.